The maximum atomic E-state index is 12.7. The number of ether oxygens (including phenoxy) is 1. The van der Waals surface area contributed by atoms with Crippen LogP contribution in [0, 0.1) is 0 Å². The summed E-state index contributed by atoms with van der Waals surface area (Å²) in [5.74, 6) is 0.937. The lowest BCUT2D eigenvalue weighted by atomic mass is 9.68. The first-order valence-electron chi connectivity index (χ1n) is 11.9. The van der Waals surface area contributed by atoms with Crippen LogP contribution >= 0.6 is 11.6 Å². The number of morpholine rings is 1. The second-order valence-electron chi connectivity index (χ2n) is 9.23. The predicted molar refractivity (Wildman–Crippen MR) is 134 cm³/mol. The van der Waals surface area contributed by atoms with Crippen molar-refractivity contribution in [3.63, 3.8) is 0 Å². The Balaban J connectivity index is 1.34. The molecule has 0 radical (unpaired) electrons. The highest BCUT2D eigenvalue weighted by Gasteiger charge is 2.37. The van der Waals surface area contributed by atoms with Gasteiger partial charge in [0, 0.05) is 47.9 Å². The number of anilines is 1. The zero-order valence-electron chi connectivity index (χ0n) is 19.2. The van der Waals surface area contributed by atoms with E-state index in [0.29, 0.717) is 6.54 Å². The number of aromatic nitrogens is 3. The molecular formula is C26H30ClN5O2. The van der Waals surface area contributed by atoms with E-state index in [1.54, 1.807) is 16.8 Å². The van der Waals surface area contributed by atoms with E-state index in [-0.39, 0.29) is 17.0 Å². The summed E-state index contributed by atoms with van der Waals surface area (Å²) in [7, 11) is 0. The fourth-order valence-electron chi connectivity index (χ4n) is 5.19. The Morgan fingerprint density at radius 2 is 1.88 bits per heavy atom. The standard InChI is InChI=1S/C26H30ClN5O2/c27-21-3-1-2-20(16-21)26(18-28)10-8-22(9-11-26)32-25(33)7-5-23(30-32)19-4-6-24(29-17-19)31-12-14-34-15-13-31/h1-7,16-17,22H,8-15,18,28H2/t22-,26+. The van der Waals surface area contributed by atoms with Gasteiger partial charge in [-0.3, -0.25) is 4.79 Å². The molecule has 3 aromatic rings. The van der Waals surface area contributed by atoms with Crippen molar-refractivity contribution in [3.05, 3.63) is 75.7 Å². The molecule has 1 aliphatic heterocycles. The Kier molecular flexibility index (Phi) is 6.68. The minimum absolute atomic E-state index is 0.0480. The molecule has 0 bridgehead atoms. The Hall–Kier alpha value is -2.74. The van der Waals surface area contributed by atoms with Gasteiger partial charge in [0.25, 0.3) is 5.56 Å². The number of halogens is 1. The Morgan fingerprint density at radius 3 is 2.56 bits per heavy atom. The minimum atomic E-state index is -0.109. The van der Waals surface area contributed by atoms with E-state index in [1.165, 1.54) is 5.56 Å². The van der Waals surface area contributed by atoms with Crippen LogP contribution in [0.2, 0.25) is 5.02 Å². The number of hydrogen-bond acceptors (Lipinski definition) is 6. The molecule has 1 saturated heterocycles. The quantitative estimate of drug-likeness (QED) is 0.599. The third-order valence-corrected chi connectivity index (χ3v) is 7.52. The Labute approximate surface area is 204 Å². The van der Waals surface area contributed by atoms with Crippen molar-refractivity contribution in [2.24, 2.45) is 5.73 Å². The first-order valence-corrected chi connectivity index (χ1v) is 12.3. The van der Waals surface area contributed by atoms with Crippen molar-refractivity contribution in [1.29, 1.82) is 0 Å². The number of pyridine rings is 1. The van der Waals surface area contributed by atoms with Crippen LogP contribution in [0.25, 0.3) is 11.3 Å². The lowest BCUT2D eigenvalue weighted by Gasteiger charge is -2.40. The van der Waals surface area contributed by atoms with Gasteiger partial charge in [0.15, 0.2) is 0 Å². The average Bonchev–Trinajstić information content (AvgIpc) is 2.90. The molecule has 8 heteroatoms. The van der Waals surface area contributed by atoms with E-state index < -0.39 is 0 Å². The summed E-state index contributed by atoms with van der Waals surface area (Å²) in [5.41, 5.74) is 8.91. The van der Waals surface area contributed by atoms with Crippen molar-refractivity contribution in [1.82, 2.24) is 14.8 Å². The number of nitrogens with zero attached hydrogens (tertiary/aromatic N) is 4. The SMILES string of the molecule is NC[C@]1(c2cccc(Cl)c2)CC[C@@H](n2nc(-c3ccc(N4CCOCC4)nc3)ccc2=O)CC1. The maximum Gasteiger partial charge on any atom is 0.267 e. The fourth-order valence-corrected chi connectivity index (χ4v) is 5.38. The van der Waals surface area contributed by atoms with E-state index >= 15 is 0 Å². The largest absolute Gasteiger partial charge is 0.378 e. The highest BCUT2D eigenvalue weighted by atomic mass is 35.5. The molecule has 1 aromatic carbocycles. The molecule has 0 unspecified atom stereocenters. The highest BCUT2D eigenvalue weighted by molar-refractivity contribution is 6.30. The molecule has 0 atom stereocenters. The number of rotatable bonds is 5. The smallest absolute Gasteiger partial charge is 0.267 e. The van der Waals surface area contributed by atoms with Crippen LogP contribution in [0.1, 0.15) is 37.3 Å². The van der Waals surface area contributed by atoms with Crippen molar-refractivity contribution < 1.29 is 4.74 Å². The third kappa shape index (κ3) is 4.60. The molecule has 178 valence electrons. The molecule has 1 saturated carbocycles. The molecule has 3 heterocycles. The second kappa shape index (κ2) is 9.86. The van der Waals surface area contributed by atoms with Gasteiger partial charge in [-0.2, -0.15) is 5.10 Å². The molecule has 2 aromatic heterocycles. The zero-order chi connectivity index (χ0) is 23.5. The van der Waals surface area contributed by atoms with Crippen LogP contribution in [-0.4, -0.2) is 47.6 Å². The van der Waals surface area contributed by atoms with Gasteiger partial charge in [-0.1, -0.05) is 23.7 Å². The van der Waals surface area contributed by atoms with Crippen LogP contribution in [0.15, 0.2) is 59.5 Å². The Bertz CT molecular complexity index is 1180. The lowest BCUT2D eigenvalue weighted by Crippen LogP contribution is -2.41. The van der Waals surface area contributed by atoms with Crippen LogP contribution in [0.5, 0.6) is 0 Å². The maximum absolute atomic E-state index is 12.7. The zero-order valence-corrected chi connectivity index (χ0v) is 20.0. The van der Waals surface area contributed by atoms with Crippen LogP contribution in [0.4, 0.5) is 5.82 Å². The van der Waals surface area contributed by atoms with E-state index in [2.05, 4.69) is 16.0 Å². The summed E-state index contributed by atoms with van der Waals surface area (Å²) < 4.78 is 7.08. The number of hydrogen-bond donors (Lipinski definition) is 1. The van der Waals surface area contributed by atoms with Crippen molar-refractivity contribution in [3.8, 4) is 11.3 Å². The summed E-state index contributed by atoms with van der Waals surface area (Å²) in [4.78, 5) is 19.6. The summed E-state index contributed by atoms with van der Waals surface area (Å²) >= 11 is 6.25. The van der Waals surface area contributed by atoms with Gasteiger partial charge in [0.1, 0.15) is 5.82 Å². The third-order valence-electron chi connectivity index (χ3n) is 7.29. The van der Waals surface area contributed by atoms with Crippen molar-refractivity contribution in [2.45, 2.75) is 37.1 Å². The van der Waals surface area contributed by atoms with Gasteiger partial charge in [0.2, 0.25) is 0 Å². The molecule has 1 aliphatic carbocycles. The molecular weight excluding hydrogens is 450 g/mol. The normalized spacial score (nSPS) is 23.1. The summed E-state index contributed by atoms with van der Waals surface area (Å²) in [6.45, 7) is 3.69. The van der Waals surface area contributed by atoms with E-state index in [4.69, 9.17) is 27.2 Å². The van der Waals surface area contributed by atoms with Crippen LogP contribution in [-0.2, 0) is 10.2 Å². The highest BCUT2D eigenvalue weighted by Crippen LogP contribution is 2.42. The molecule has 0 amide bonds. The van der Waals surface area contributed by atoms with Gasteiger partial charge < -0.3 is 15.4 Å². The topological polar surface area (TPSA) is 86.3 Å². The first kappa shape index (κ1) is 23.0. The van der Waals surface area contributed by atoms with Gasteiger partial charge in [0.05, 0.1) is 24.9 Å². The molecule has 2 fully saturated rings. The minimum Gasteiger partial charge on any atom is -0.378 e. The van der Waals surface area contributed by atoms with Crippen LogP contribution in [0.3, 0.4) is 0 Å². The molecule has 2 aliphatic rings. The number of nitrogens with two attached hydrogens (primary N) is 1. The Morgan fingerprint density at radius 1 is 1.09 bits per heavy atom. The van der Waals surface area contributed by atoms with E-state index in [1.807, 2.05) is 36.5 Å². The fraction of sp³-hybridized carbons (Fsp3) is 0.423. The monoisotopic (exact) mass is 479 g/mol. The van der Waals surface area contributed by atoms with Gasteiger partial charge in [-0.05, 0) is 61.6 Å². The molecule has 2 N–H and O–H groups in total. The van der Waals surface area contributed by atoms with Crippen molar-refractivity contribution >= 4 is 17.4 Å². The average molecular weight is 480 g/mol. The summed E-state index contributed by atoms with van der Waals surface area (Å²) in [6, 6.07) is 15.5. The van der Waals surface area contributed by atoms with E-state index in [9.17, 15) is 4.79 Å². The molecule has 5 rings (SSSR count). The van der Waals surface area contributed by atoms with Gasteiger partial charge >= 0.3 is 0 Å². The van der Waals surface area contributed by atoms with Crippen LogP contribution < -0.4 is 16.2 Å². The first-order chi connectivity index (χ1) is 16.6. The predicted octanol–water partition coefficient (Wildman–Crippen LogP) is 3.81. The molecule has 0 spiro atoms. The lowest BCUT2D eigenvalue weighted by molar-refractivity contribution is 0.122. The van der Waals surface area contributed by atoms with E-state index in [0.717, 1.165) is 74.1 Å². The second-order valence-corrected chi connectivity index (χ2v) is 9.67. The molecule has 7 nitrogen and oxygen atoms in total. The van der Waals surface area contributed by atoms with Gasteiger partial charge in [-0.25, -0.2) is 9.67 Å². The molecule has 34 heavy (non-hydrogen) atoms. The summed E-state index contributed by atoms with van der Waals surface area (Å²) in [5, 5.41) is 5.48. The summed E-state index contributed by atoms with van der Waals surface area (Å²) in [6.07, 6.45) is 5.30. The van der Waals surface area contributed by atoms with Crippen molar-refractivity contribution in [2.75, 3.05) is 37.7 Å². The van der Waals surface area contributed by atoms with Gasteiger partial charge in [-0.15, -0.1) is 0 Å². The number of benzene rings is 1.